The van der Waals surface area contributed by atoms with Crippen LogP contribution in [0.4, 0.5) is 11.5 Å². The van der Waals surface area contributed by atoms with Crippen molar-refractivity contribution in [3.63, 3.8) is 0 Å². The predicted octanol–water partition coefficient (Wildman–Crippen LogP) is 4.77. The predicted molar refractivity (Wildman–Crippen MR) is 114 cm³/mol. The van der Waals surface area contributed by atoms with Gasteiger partial charge in [-0.15, -0.1) is 0 Å². The van der Waals surface area contributed by atoms with Gasteiger partial charge in [-0.05, 0) is 42.5 Å². The maximum atomic E-state index is 12.9. The van der Waals surface area contributed by atoms with Gasteiger partial charge in [-0.2, -0.15) is 5.26 Å². The number of ether oxygens (including phenoxy) is 1. The van der Waals surface area contributed by atoms with Crippen molar-refractivity contribution in [2.24, 2.45) is 0 Å². The molecule has 2 amide bonds. The molecule has 7 nitrogen and oxygen atoms in total. The average Bonchev–Trinajstić information content (AvgIpc) is 2.76. The lowest BCUT2D eigenvalue weighted by atomic mass is 10.1. The average molecular weight is 441 g/mol. The molecule has 0 fully saturated rings. The Labute approximate surface area is 182 Å². The Kier molecular flexibility index (Phi) is 6.52. The summed E-state index contributed by atoms with van der Waals surface area (Å²) in [6.45, 7) is 0. The van der Waals surface area contributed by atoms with Gasteiger partial charge < -0.3 is 15.4 Å². The molecule has 0 saturated carbocycles. The number of carbonyl (C=O) groups excluding carboxylic acids is 2. The van der Waals surface area contributed by atoms with Gasteiger partial charge in [-0.1, -0.05) is 23.2 Å². The van der Waals surface area contributed by atoms with E-state index in [0.29, 0.717) is 16.1 Å². The molecule has 0 aliphatic rings. The molecular weight excluding hydrogens is 427 g/mol. The third-order valence-electron chi connectivity index (χ3n) is 4.02. The molecule has 0 aliphatic heterocycles. The third kappa shape index (κ3) is 4.87. The van der Waals surface area contributed by atoms with Gasteiger partial charge in [0.15, 0.2) is 0 Å². The molecule has 0 saturated heterocycles. The minimum absolute atomic E-state index is 0.0816. The monoisotopic (exact) mass is 440 g/mol. The number of pyridine rings is 1. The normalized spacial score (nSPS) is 10.1. The van der Waals surface area contributed by atoms with Crippen LogP contribution in [0.3, 0.4) is 0 Å². The van der Waals surface area contributed by atoms with Crippen LogP contribution in [0.25, 0.3) is 0 Å². The van der Waals surface area contributed by atoms with Crippen molar-refractivity contribution < 1.29 is 14.3 Å². The lowest BCUT2D eigenvalue weighted by Crippen LogP contribution is -2.19. The summed E-state index contributed by atoms with van der Waals surface area (Å²) < 4.78 is 5.30. The van der Waals surface area contributed by atoms with Crippen molar-refractivity contribution in [1.29, 1.82) is 5.26 Å². The maximum Gasteiger partial charge on any atom is 0.259 e. The Morgan fingerprint density at radius 3 is 2.33 bits per heavy atom. The van der Waals surface area contributed by atoms with Gasteiger partial charge in [0.1, 0.15) is 11.6 Å². The van der Waals surface area contributed by atoms with Crippen LogP contribution in [-0.2, 0) is 0 Å². The summed E-state index contributed by atoms with van der Waals surface area (Å²) in [5.74, 6) is -0.564. The first-order chi connectivity index (χ1) is 14.4. The number of benzene rings is 2. The molecule has 9 heteroatoms. The van der Waals surface area contributed by atoms with Gasteiger partial charge in [0.05, 0.1) is 35.0 Å². The molecule has 2 N–H and O–H groups in total. The second-order valence-corrected chi connectivity index (χ2v) is 6.86. The first-order valence-corrected chi connectivity index (χ1v) is 9.29. The Balaban J connectivity index is 1.94. The number of carbonyl (C=O) groups is 2. The van der Waals surface area contributed by atoms with Crippen LogP contribution >= 0.6 is 23.2 Å². The Hall–Kier alpha value is -3.60. The fraction of sp³-hybridized carbons (Fsp3) is 0.0476. The summed E-state index contributed by atoms with van der Waals surface area (Å²) >= 11 is 11.9. The molecule has 30 heavy (non-hydrogen) atoms. The highest BCUT2D eigenvalue weighted by molar-refractivity contribution is 6.32. The van der Waals surface area contributed by atoms with E-state index in [2.05, 4.69) is 15.6 Å². The van der Waals surface area contributed by atoms with Crippen molar-refractivity contribution in [2.75, 3.05) is 17.7 Å². The van der Waals surface area contributed by atoms with E-state index in [-0.39, 0.29) is 27.8 Å². The summed E-state index contributed by atoms with van der Waals surface area (Å²) in [4.78, 5) is 29.6. The van der Waals surface area contributed by atoms with Crippen molar-refractivity contribution in [2.45, 2.75) is 0 Å². The van der Waals surface area contributed by atoms with E-state index in [9.17, 15) is 9.59 Å². The van der Waals surface area contributed by atoms with Crippen LogP contribution in [0.1, 0.15) is 26.3 Å². The van der Waals surface area contributed by atoms with E-state index >= 15 is 0 Å². The molecule has 0 spiro atoms. The summed E-state index contributed by atoms with van der Waals surface area (Å²) in [5.41, 5.74) is 0.948. The molecule has 2 aromatic carbocycles. The minimum atomic E-state index is -0.555. The van der Waals surface area contributed by atoms with Crippen LogP contribution in [-0.4, -0.2) is 23.9 Å². The van der Waals surface area contributed by atoms with E-state index < -0.39 is 11.8 Å². The molecule has 0 unspecified atom stereocenters. The summed E-state index contributed by atoms with van der Waals surface area (Å²) in [6, 6.07) is 14.0. The number of hydrogen-bond acceptors (Lipinski definition) is 5. The molecule has 0 atom stereocenters. The van der Waals surface area contributed by atoms with Crippen LogP contribution in [0, 0.1) is 11.3 Å². The van der Waals surface area contributed by atoms with E-state index in [1.165, 1.54) is 55.8 Å². The zero-order valence-corrected chi connectivity index (χ0v) is 17.1. The Morgan fingerprint density at radius 1 is 1.00 bits per heavy atom. The van der Waals surface area contributed by atoms with Gasteiger partial charge in [0, 0.05) is 22.8 Å². The number of rotatable bonds is 5. The highest BCUT2D eigenvalue weighted by Gasteiger charge is 2.20. The summed E-state index contributed by atoms with van der Waals surface area (Å²) in [7, 11) is 1.39. The number of amides is 2. The first kappa shape index (κ1) is 21.1. The first-order valence-electron chi connectivity index (χ1n) is 8.53. The van der Waals surface area contributed by atoms with Crippen molar-refractivity contribution in [3.05, 3.63) is 81.5 Å². The zero-order chi connectivity index (χ0) is 21.7. The van der Waals surface area contributed by atoms with Crippen LogP contribution in [0.15, 0.2) is 54.7 Å². The van der Waals surface area contributed by atoms with Crippen LogP contribution in [0.2, 0.25) is 10.0 Å². The number of anilines is 2. The highest BCUT2D eigenvalue weighted by Crippen LogP contribution is 2.33. The number of methoxy groups -OCH3 is 1. The summed E-state index contributed by atoms with van der Waals surface area (Å²) in [6.07, 6.45) is 1.39. The van der Waals surface area contributed by atoms with Crippen LogP contribution in [0.5, 0.6) is 5.75 Å². The number of nitriles is 1. The fourth-order valence-electron chi connectivity index (χ4n) is 2.57. The SMILES string of the molecule is COc1cc(Cl)cc(C(=O)Nc2ccc(Cl)cn2)c1NC(=O)c1ccc(C#N)cc1. The van der Waals surface area contributed by atoms with E-state index in [1.807, 2.05) is 6.07 Å². The molecule has 0 radical (unpaired) electrons. The number of nitrogens with zero attached hydrogens (tertiary/aromatic N) is 2. The number of nitrogens with one attached hydrogen (secondary N) is 2. The zero-order valence-electron chi connectivity index (χ0n) is 15.6. The standard InChI is InChI=1S/C21H14Cl2N4O3/c1-30-17-9-15(23)8-16(21(29)26-18-7-6-14(22)11-25-18)19(17)27-20(28)13-4-2-12(10-24)3-5-13/h2-9,11H,1H3,(H,27,28)(H,25,26,29). The van der Waals surface area contributed by atoms with Crippen molar-refractivity contribution >= 4 is 46.5 Å². The molecule has 0 aliphatic carbocycles. The third-order valence-corrected chi connectivity index (χ3v) is 4.46. The number of halogens is 2. The van der Waals surface area contributed by atoms with Gasteiger partial charge in [-0.3, -0.25) is 9.59 Å². The van der Waals surface area contributed by atoms with Crippen molar-refractivity contribution in [1.82, 2.24) is 4.98 Å². The van der Waals surface area contributed by atoms with Gasteiger partial charge in [0.25, 0.3) is 11.8 Å². The fourth-order valence-corrected chi connectivity index (χ4v) is 2.89. The quantitative estimate of drug-likeness (QED) is 0.594. The molecule has 0 bridgehead atoms. The molecular formula is C21H14Cl2N4O3. The van der Waals surface area contributed by atoms with Gasteiger partial charge >= 0.3 is 0 Å². The smallest absolute Gasteiger partial charge is 0.259 e. The van der Waals surface area contributed by atoms with Gasteiger partial charge in [0.2, 0.25) is 0 Å². The van der Waals surface area contributed by atoms with Gasteiger partial charge in [-0.25, -0.2) is 4.98 Å². The number of hydrogen-bond donors (Lipinski definition) is 2. The van der Waals surface area contributed by atoms with Crippen LogP contribution < -0.4 is 15.4 Å². The Bertz CT molecular complexity index is 1140. The summed E-state index contributed by atoms with van der Waals surface area (Å²) in [5, 5.41) is 14.9. The highest BCUT2D eigenvalue weighted by atomic mass is 35.5. The topological polar surface area (TPSA) is 104 Å². The second kappa shape index (κ2) is 9.27. The second-order valence-electron chi connectivity index (χ2n) is 5.99. The molecule has 3 aromatic rings. The number of aromatic nitrogens is 1. The Morgan fingerprint density at radius 2 is 1.73 bits per heavy atom. The lowest BCUT2D eigenvalue weighted by molar-refractivity contribution is 0.102. The molecule has 150 valence electrons. The van der Waals surface area contributed by atoms with E-state index in [4.69, 9.17) is 33.2 Å². The van der Waals surface area contributed by atoms with E-state index in [0.717, 1.165) is 0 Å². The minimum Gasteiger partial charge on any atom is -0.494 e. The largest absolute Gasteiger partial charge is 0.494 e. The molecule has 1 aromatic heterocycles. The van der Waals surface area contributed by atoms with E-state index in [1.54, 1.807) is 6.07 Å². The van der Waals surface area contributed by atoms with Crippen molar-refractivity contribution in [3.8, 4) is 11.8 Å². The molecule has 3 rings (SSSR count). The maximum absolute atomic E-state index is 12.9. The lowest BCUT2D eigenvalue weighted by Gasteiger charge is -2.16. The molecule has 1 heterocycles.